The highest BCUT2D eigenvalue weighted by atomic mass is 35.5. The van der Waals surface area contributed by atoms with E-state index in [9.17, 15) is 14.7 Å². The maximum atomic E-state index is 13.3. The fourth-order valence-corrected chi connectivity index (χ4v) is 9.02. The van der Waals surface area contributed by atoms with Crippen molar-refractivity contribution in [3.8, 4) is 11.8 Å². The van der Waals surface area contributed by atoms with Crippen LogP contribution in [0.5, 0.6) is 11.8 Å². The minimum atomic E-state index is -0.989. The first kappa shape index (κ1) is 51.0. The molecule has 0 radical (unpaired) electrons. The minimum absolute atomic E-state index is 0.197. The van der Waals surface area contributed by atoms with Gasteiger partial charge in [-0.2, -0.15) is 0 Å². The van der Waals surface area contributed by atoms with Crippen molar-refractivity contribution < 1.29 is 24.2 Å². The molecule has 17 nitrogen and oxygen atoms in total. The number of nitrogen functional groups attached to an aromatic ring is 2. The average Bonchev–Trinajstić information content (AvgIpc) is 3.90. The number of carbonyl (C=O) groups excluding carboxylic acids is 1. The van der Waals surface area contributed by atoms with Crippen LogP contribution in [0.1, 0.15) is 65.5 Å². The van der Waals surface area contributed by atoms with Gasteiger partial charge in [-0.15, -0.1) is 0 Å². The number of aryl methyl sites for hydroxylation is 4. The Kier molecular flexibility index (Phi) is 15.3. The van der Waals surface area contributed by atoms with Crippen LogP contribution in [0.15, 0.2) is 110 Å². The lowest BCUT2D eigenvalue weighted by molar-refractivity contribution is 0.0698. The first-order valence-electron chi connectivity index (χ1n) is 22.8. The van der Waals surface area contributed by atoms with Crippen LogP contribution >= 0.6 is 23.2 Å². The molecule has 10 aromatic rings. The molecule has 0 unspecified atom stereocenters. The molecule has 0 aliphatic rings. The van der Waals surface area contributed by atoms with Gasteiger partial charge in [0, 0.05) is 96.0 Å². The van der Waals surface area contributed by atoms with E-state index in [2.05, 4.69) is 41.3 Å². The third-order valence-electron chi connectivity index (χ3n) is 12.3. The molecule has 0 bridgehead atoms. The zero-order valence-electron chi connectivity index (χ0n) is 40.9. The van der Waals surface area contributed by atoms with Gasteiger partial charge in [0.25, 0.3) is 5.91 Å². The van der Waals surface area contributed by atoms with Crippen molar-refractivity contribution in [1.82, 2.24) is 44.4 Å². The molecule has 8 N–H and O–H groups in total. The van der Waals surface area contributed by atoms with Crippen molar-refractivity contribution in [2.75, 3.05) is 25.7 Å². The quantitative estimate of drug-likeness (QED) is 0.0809. The maximum absolute atomic E-state index is 13.3. The van der Waals surface area contributed by atoms with E-state index in [0.29, 0.717) is 70.6 Å². The molecule has 2 aromatic carbocycles. The van der Waals surface area contributed by atoms with E-state index in [4.69, 9.17) is 49.9 Å². The lowest BCUT2D eigenvalue weighted by atomic mass is 10.1. The Balaban J connectivity index is 0.000000167. The first-order valence-corrected chi connectivity index (χ1v) is 23.6. The predicted molar refractivity (Wildman–Crippen MR) is 287 cm³/mol. The number of hydrogen-bond donors (Lipinski definition) is 5. The molecule has 0 spiro atoms. The molecular weight excluding hydrogens is 968 g/mol. The maximum Gasteiger partial charge on any atom is 0.337 e. The molecule has 73 heavy (non-hydrogen) atoms. The number of carboxylic acids is 1. The second kappa shape index (κ2) is 21.9. The molecular formula is C54H52Cl2N12O5. The highest BCUT2D eigenvalue weighted by molar-refractivity contribution is 6.31. The van der Waals surface area contributed by atoms with Gasteiger partial charge in [-0.25, -0.2) is 24.7 Å². The van der Waals surface area contributed by atoms with Crippen molar-refractivity contribution in [3.63, 3.8) is 0 Å². The van der Waals surface area contributed by atoms with Gasteiger partial charge in [0.05, 0.1) is 69.9 Å². The summed E-state index contributed by atoms with van der Waals surface area (Å²) in [5, 5.41) is 16.9. The van der Waals surface area contributed by atoms with Crippen molar-refractivity contribution in [1.29, 1.82) is 0 Å². The van der Waals surface area contributed by atoms with Gasteiger partial charge in [-0.3, -0.25) is 14.8 Å². The fraction of sp³-hybridized carbons (Fsp3) is 0.185. The predicted octanol–water partition coefficient (Wildman–Crippen LogP) is 9.55. The van der Waals surface area contributed by atoms with Crippen LogP contribution in [-0.4, -0.2) is 70.2 Å². The Bertz CT molecular complexity index is 3680. The molecule has 0 saturated heterocycles. The number of anilines is 2. The van der Waals surface area contributed by atoms with Crippen LogP contribution in [0.2, 0.25) is 10.0 Å². The fourth-order valence-electron chi connectivity index (χ4n) is 8.69. The van der Waals surface area contributed by atoms with Crippen molar-refractivity contribution in [3.05, 3.63) is 176 Å². The standard InChI is InChI=1S/C27H25ClN6O2.C19H14ClN3O3.C8H13N3/c1-15-6-25(29)33-16(2)21(15)11-32-27(35)22-14-34(24-12-31-26(36-3)9-20(22)24)13-17-4-5-23-18(7-17)8-19(28)10-30-23;1-26-18-6-14-15(19(24)25)10-23(17(14)8-22-18)9-11-2-3-16-12(4-11)5-13(20)7-21-16;1-5-3-8(10)11-6(2)7(5)4-9/h4-10,12,14H,11,13H2,1-3H3,(H2,29,33)(H,32,35);2-8,10H,9H2,1H3,(H,24,25);3H,4,9H2,1-2H3,(H2,10,11). The van der Waals surface area contributed by atoms with Crippen LogP contribution in [0, 0.1) is 27.7 Å². The molecule has 372 valence electrons. The summed E-state index contributed by atoms with van der Waals surface area (Å²) >= 11 is 12.2. The lowest BCUT2D eigenvalue weighted by Crippen LogP contribution is -2.24. The lowest BCUT2D eigenvalue weighted by Gasteiger charge is -2.11. The number of aromatic nitrogens is 8. The number of nitrogens with two attached hydrogens (primary N) is 3. The summed E-state index contributed by atoms with van der Waals surface area (Å²) in [4.78, 5) is 50.6. The van der Waals surface area contributed by atoms with Crippen LogP contribution < -0.4 is 32.0 Å². The Labute approximate surface area is 430 Å². The number of nitrogens with zero attached hydrogens (tertiary/aromatic N) is 8. The SMILES string of the molecule is COc1cc2c(C(=O)NCc3c(C)cc(N)nc3C)cn(Cc3ccc4ncc(Cl)cc4c3)c2cn1.COc1cc2c(C(=O)O)cn(Cc3ccc4ncc(Cl)cc4c3)c2cn1.Cc1cc(N)nc(C)c1CN. The van der Waals surface area contributed by atoms with E-state index in [1.165, 1.54) is 7.11 Å². The number of carboxylic acid groups (broad SMARTS) is 1. The Morgan fingerprint density at radius 3 is 1.55 bits per heavy atom. The molecule has 1 amide bonds. The zero-order chi connectivity index (χ0) is 52.1. The van der Waals surface area contributed by atoms with E-state index < -0.39 is 5.97 Å². The molecule has 19 heteroatoms. The summed E-state index contributed by atoms with van der Waals surface area (Å²) in [6, 6.07) is 22.7. The largest absolute Gasteiger partial charge is 0.481 e. The number of halogens is 2. The number of carbonyl (C=O) groups is 2. The summed E-state index contributed by atoms with van der Waals surface area (Å²) in [5.41, 5.74) is 28.9. The number of aromatic carboxylic acids is 1. The highest BCUT2D eigenvalue weighted by Gasteiger charge is 2.19. The van der Waals surface area contributed by atoms with Gasteiger partial charge < -0.3 is 46.2 Å². The zero-order valence-corrected chi connectivity index (χ0v) is 42.4. The van der Waals surface area contributed by atoms with Crippen LogP contribution in [-0.2, 0) is 26.2 Å². The molecule has 0 saturated carbocycles. The number of hydrogen-bond acceptors (Lipinski definition) is 13. The first-order chi connectivity index (χ1) is 35.0. The number of fused-ring (bicyclic) bond motifs is 4. The summed E-state index contributed by atoms with van der Waals surface area (Å²) < 4.78 is 14.3. The van der Waals surface area contributed by atoms with Crippen molar-refractivity contribution in [2.45, 2.75) is 53.9 Å². The number of pyridine rings is 6. The number of amides is 1. The third kappa shape index (κ3) is 11.5. The van der Waals surface area contributed by atoms with Gasteiger partial charge in [-0.05, 0) is 110 Å². The molecule has 8 aromatic heterocycles. The molecule has 0 fully saturated rings. The molecule has 0 atom stereocenters. The van der Waals surface area contributed by atoms with Gasteiger partial charge in [0.15, 0.2) is 0 Å². The molecule has 0 aliphatic heterocycles. The van der Waals surface area contributed by atoms with E-state index in [1.807, 2.05) is 97.6 Å². The highest BCUT2D eigenvalue weighted by Crippen LogP contribution is 2.29. The second-order valence-corrected chi connectivity index (χ2v) is 18.1. The van der Waals surface area contributed by atoms with Crippen LogP contribution in [0.25, 0.3) is 43.6 Å². The molecule has 10 rings (SSSR count). The Morgan fingerprint density at radius 2 is 1.10 bits per heavy atom. The average molecular weight is 1020 g/mol. The smallest absolute Gasteiger partial charge is 0.337 e. The summed E-state index contributed by atoms with van der Waals surface area (Å²) in [6.07, 6.45) is 10.1. The number of rotatable bonds is 11. The van der Waals surface area contributed by atoms with E-state index in [0.717, 1.165) is 83.0 Å². The number of methoxy groups -OCH3 is 2. The third-order valence-corrected chi connectivity index (χ3v) is 12.7. The topological polar surface area (TPSA) is 250 Å². The monoisotopic (exact) mass is 1020 g/mol. The van der Waals surface area contributed by atoms with Crippen molar-refractivity contribution in [2.24, 2.45) is 5.73 Å². The molecule has 8 heterocycles. The summed E-state index contributed by atoms with van der Waals surface area (Å²) in [5.74, 6) is 0.666. The van der Waals surface area contributed by atoms with E-state index in [1.54, 1.807) is 50.2 Å². The van der Waals surface area contributed by atoms with Crippen LogP contribution in [0.4, 0.5) is 11.6 Å². The van der Waals surface area contributed by atoms with E-state index in [-0.39, 0.29) is 11.5 Å². The summed E-state index contributed by atoms with van der Waals surface area (Å²) in [7, 11) is 3.05. The Hall–Kier alpha value is -8.38. The summed E-state index contributed by atoms with van der Waals surface area (Å²) in [6.45, 7) is 9.68. The van der Waals surface area contributed by atoms with Crippen molar-refractivity contribution >= 4 is 90.3 Å². The Morgan fingerprint density at radius 1 is 0.630 bits per heavy atom. The van der Waals surface area contributed by atoms with Gasteiger partial charge >= 0.3 is 5.97 Å². The van der Waals surface area contributed by atoms with Gasteiger partial charge in [0.2, 0.25) is 11.8 Å². The van der Waals surface area contributed by atoms with Gasteiger partial charge in [0.1, 0.15) is 11.6 Å². The molecule has 0 aliphatic carbocycles. The minimum Gasteiger partial charge on any atom is -0.481 e. The normalized spacial score (nSPS) is 11.0. The van der Waals surface area contributed by atoms with E-state index >= 15 is 0 Å². The number of ether oxygens (including phenoxy) is 2. The second-order valence-electron chi connectivity index (χ2n) is 17.2. The number of benzene rings is 2. The van der Waals surface area contributed by atoms with Gasteiger partial charge in [-0.1, -0.05) is 35.3 Å². The number of nitrogens with one attached hydrogen (secondary N) is 1. The van der Waals surface area contributed by atoms with Crippen LogP contribution in [0.3, 0.4) is 0 Å².